The molecule has 0 bridgehead atoms. The molecule has 4 heteroatoms. The molecule has 0 aliphatic carbocycles. The lowest BCUT2D eigenvalue weighted by Crippen LogP contribution is -2.17. The SMILES string of the molecule is COC(=O)COc1cc(C)ccc1C(C)(C)C.Cc1ccc(C(C)(C)C)c(O)c1. The normalized spacial score (nSPS) is 11.3. The molecule has 0 aromatic heterocycles. The average Bonchev–Trinajstić information content (AvgIpc) is 2.57. The fourth-order valence-electron chi connectivity index (χ4n) is 2.84. The van der Waals surface area contributed by atoms with Crippen molar-refractivity contribution in [2.75, 3.05) is 13.7 Å². The first-order valence-corrected chi connectivity index (χ1v) is 9.86. The Balaban J connectivity index is 0.000000308. The zero-order valence-corrected chi connectivity index (χ0v) is 19.3. The van der Waals surface area contributed by atoms with E-state index in [9.17, 15) is 9.90 Å². The first kappa shape index (κ1) is 24.5. The maximum atomic E-state index is 11.1. The standard InChI is InChI=1S/C14H20O3.C11H16O/c1-10-6-7-11(14(2,3)4)12(8-10)17-9-13(15)16-5;1-8-5-6-9(10(12)7-8)11(2,3)4/h6-8H,9H2,1-5H3;5-7,12H,1-4H3. The summed E-state index contributed by atoms with van der Waals surface area (Å²) < 4.78 is 10.1. The number of carbonyl (C=O) groups excluding carboxylic acids is 1. The minimum atomic E-state index is -0.369. The lowest BCUT2D eigenvalue weighted by atomic mass is 9.86. The van der Waals surface area contributed by atoms with Gasteiger partial charge in [-0.2, -0.15) is 0 Å². The second-order valence-corrected chi connectivity index (χ2v) is 9.39. The summed E-state index contributed by atoms with van der Waals surface area (Å²) in [5, 5.41) is 9.63. The number of aryl methyl sites for hydroxylation is 2. The summed E-state index contributed by atoms with van der Waals surface area (Å²) in [7, 11) is 1.35. The fraction of sp³-hybridized carbons (Fsp3) is 0.480. The molecule has 2 aromatic rings. The Bertz CT molecular complexity index is 824. The number of phenolic OH excluding ortho intramolecular Hbond substituents is 1. The first-order valence-electron chi connectivity index (χ1n) is 9.86. The van der Waals surface area contributed by atoms with E-state index in [4.69, 9.17) is 4.74 Å². The summed E-state index contributed by atoms with van der Waals surface area (Å²) >= 11 is 0. The van der Waals surface area contributed by atoms with Crippen molar-refractivity contribution in [3.63, 3.8) is 0 Å². The van der Waals surface area contributed by atoms with Crippen molar-refractivity contribution >= 4 is 5.97 Å². The Hall–Kier alpha value is -2.49. The zero-order valence-electron chi connectivity index (χ0n) is 19.3. The monoisotopic (exact) mass is 400 g/mol. The highest BCUT2D eigenvalue weighted by Gasteiger charge is 2.19. The van der Waals surface area contributed by atoms with E-state index in [1.807, 2.05) is 44.2 Å². The van der Waals surface area contributed by atoms with E-state index in [1.165, 1.54) is 7.11 Å². The van der Waals surface area contributed by atoms with E-state index < -0.39 is 0 Å². The third kappa shape index (κ3) is 7.80. The number of hydrogen-bond donors (Lipinski definition) is 1. The smallest absolute Gasteiger partial charge is 0.343 e. The van der Waals surface area contributed by atoms with Gasteiger partial charge in [0, 0.05) is 0 Å². The quantitative estimate of drug-likeness (QED) is 0.657. The van der Waals surface area contributed by atoms with Crippen LogP contribution in [0.25, 0.3) is 0 Å². The Morgan fingerprint density at radius 2 is 1.34 bits per heavy atom. The maximum absolute atomic E-state index is 11.1. The van der Waals surface area contributed by atoms with Crippen molar-refractivity contribution in [1.29, 1.82) is 0 Å². The molecule has 0 atom stereocenters. The van der Waals surface area contributed by atoms with Crippen LogP contribution < -0.4 is 4.74 Å². The van der Waals surface area contributed by atoms with E-state index in [0.29, 0.717) is 5.75 Å². The summed E-state index contributed by atoms with van der Waals surface area (Å²) in [5.74, 6) is 0.789. The van der Waals surface area contributed by atoms with Gasteiger partial charge in [0.1, 0.15) is 11.5 Å². The van der Waals surface area contributed by atoms with Crippen molar-refractivity contribution in [2.24, 2.45) is 0 Å². The van der Waals surface area contributed by atoms with Gasteiger partial charge in [-0.25, -0.2) is 4.79 Å². The molecule has 29 heavy (non-hydrogen) atoms. The molecule has 0 radical (unpaired) electrons. The van der Waals surface area contributed by atoms with Crippen LogP contribution in [0.1, 0.15) is 63.8 Å². The van der Waals surface area contributed by atoms with Crippen LogP contribution in [0.15, 0.2) is 36.4 Å². The van der Waals surface area contributed by atoms with Crippen LogP contribution in [0.2, 0.25) is 0 Å². The maximum Gasteiger partial charge on any atom is 0.343 e. The molecular weight excluding hydrogens is 364 g/mol. The van der Waals surface area contributed by atoms with Gasteiger partial charge in [0.2, 0.25) is 0 Å². The molecule has 0 fully saturated rings. The highest BCUT2D eigenvalue weighted by Crippen LogP contribution is 2.32. The number of phenols is 1. The summed E-state index contributed by atoms with van der Waals surface area (Å²) in [4.78, 5) is 11.1. The number of methoxy groups -OCH3 is 1. The Morgan fingerprint density at radius 3 is 1.79 bits per heavy atom. The molecule has 0 spiro atoms. The van der Waals surface area contributed by atoms with Crippen molar-refractivity contribution in [2.45, 2.75) is 66.2 Å². The molecule has 2 aromatic carbocycles. The molecule has 160 valence electrons. The largest absolute Gasteiger partial charge is 0.508 e. The zero-order chi connectivity index (χ0) is 22.4. The lowest BCUT2D eigenvalue weighted by Gasteiger charge is -2.23. The molecule has 4 nitrogen and oxygen atoms in total. The minimum absolute atomic E-state index is 0.0147. The Labute approximate surface area is 175 Å². The molecule has 0 saturated heterocycles. The number of hydrogen-bond acceptors (Lipinski definition) is 4. The number of ether oxygens (including phenoxy) is 2. The van der Waals surface area contributed by atoms with Gasteiger partial charge in [0.05, 0.1) is 7.11 Å². The van der Waals surface area contributed by atoms with Crippen molar-refractivity contribution in [3.8, 4) is 11.5 Å². The second-order valence-electron chi connectivity index (χ2n) is 9.39. The lowest BCUT2D eigenvalue weighted by molar-refractivity contribution is -0.142. The van der Waals surface area contributed by atoms with Crippen LogP contribution in [0.3, 0.4) is 0 Å². The number of carbonyl (C=O) groups is 1. The van der Waals surface area contributed by atoms with E-state index in [2.05, 4.69) is 46.3 Å². The molecule has 0 aliphatic heterocycles. The van der Waals surface area contributed by atoms with Crippen LogP contribution in [0, 0.1) is 13.8 Å². The predicted octanol–water partition coefficient (Wildman–Crippen LogP) is 5.84. The van der Waals surface area contributed by atoms with E-state index in [-0.39, 0.29) is 23.4 Å². The molecule has 2 rings (SSSR count). The predicted molar refractivity (Wildman–Crippen MR) is 119 cm³/mol. The third-order valence-corrected chi connectivity index (χ3v) is 4.48. The number of benzene rings is 2. The summed E-state index contributed by atoms with van der Waals surface area (Å²) in [6.45, 7) is 16.5. The molecule has 0 heterocycles. The summed E-state index contributed by atoms with van der Waals surface area (Å²) in [5.41, 5.74) is 4.31. The first-order chi connectivity index (χ1) is 13.3. The van der Waals surface area contributed by atoms with Gasteiger partial charge in [-0.3, -0.25) is 0 Å². The van der Waals surface area contributed by atoms with Gasteiger partial charge in [0.15, 0.2) is 6.61 Å². The van der Waals surface area contributed by atoms with E-state index in [1.54, 1.807) is 6.07 Å². The second kappa shape index (κ2) is 9.82. The third-order valence-electron chi connectivity index (χ3n) is 4.48. The molecule has 0 unspecified atom stereocenters. The van der Waals surface area contributed by atoms with Gasteiger partial charge in [0.25, 0.3) is 0 Å². The van der Waals surface area contributed by atoms with Crippen LogP contribution in [0.5, 0.6) is 11.5 Å². The van der Waals surface area contributed by atoms with Gasteiger partial charge >= 0.3 is 5.97 Å². The highest BCUT2D eigenvalue weighted by atomic mass is 16.6. The number of esters is 1. The Kier molecular flexibility index (Phi) is 8.31. The fourth-order valence-corrected chi connectivity index (χ4v) is 2.84. The van der Waals surface area contributed by atoms with Crippen LogP contribution in [0.4, 0.5) is 0 Å². The molecule has 0 saturated carbocycles. The van der Waals surface area contributed by atoms with Gasteiger partial charge in [-0.05, 0) is 59.1 Å². The molecular formula is C25H36O4. The van der Waals surface area contributed by atoms with Gasteiger partial charge in [-0.1, -0.05) is 65.8 Å². The summed E-state index contributed by atoms with van der Waals surface area (Å²) in [6.07, 6.45) is 0. The molecule has 0 amide bonds. The minimum Gasteiger partial charge on any atom is -0.508 e. The molecule has 0 aliphatic rings. The van der Waals surface area contributed by atoms with Crippen molar-refractivity contribution in [1.82, 2.24) is 0 Å². The van der Waals surface area contributed by atoms with Crippen LogP contribution in [-0.2, 0) is 20.4 Å². The molecule has 1 N–H and O–H groups in total. The number of rotatable bonds is 3. The van der Waals surface area contributed by atoms with Gasteiger partial charge < -0.3 is 14.6 Å². The highest BCUT2D eigenvalue weighted by molar-refractivity contribution is 5.71. The van der Waals surface area contributed by atoms with Crippen LogP contribution >= 0.6 is 0 Å². The van der Waals surface area contributed by atoms with E-state index in [0.717, 1.165) is 28.0 Å². The topological polar surface area (TPSA) is 55.8 Å². The van der Waals surface area contributed by atoms with Crippen LogP contribution in [-0.4, -0.2) is 24.8 Å². The van der Waals surface area contributed by atoms with Crippen molar-refractivity contribution < 1.29 is 19.4 Å². The summed E-state index contributed by atoms with van der Waals surface area (Å²) in [6, 6.07) is 11.9. The number of aromatic hydroxyl groups is 1. The average molecular weight is 401 g/mol. The van der Waals surface area contributed by atoms with Crippen molar-refractivity contribution in [3.05, 3.63) is 58.7 Å². The van der Waals surface area contributed by atoms with E-state index >= 15 is 0 Å². The van der Waals surface area contributed by atoms with Gasteiger partial charge in [-0.15, -0.1) is 0 Å². The Morgan fingerprint density at radius 1 is 0.862 bits per heavy atom.